The molecule has 16 heteroatoms. The van der Waals surface area contributed by atoms with Crippen molar-refractivity contribution < 1.29 is 43.1 Å². The third-order valence-corrected chi connectivity index (χ3v) is 7.76. The summed E-state index contributed by atoms with van der Waals surface area (Å²) in [5.41, 5.74) is -1.84. The van der Waals surface area contributed by atoms with Gasteiger partial charge in [0.1, 0.15) is 28.3 Å². The highest BCUT2D eigenvalue weighted by Gasteiger charge is 2.63. The van der Waals surface area contributed by atoms with Gasteiger partial charge in [0.2, 0.25) is 5.96 Å². The van der Waals surface area contributed by atoms with Crippen LogP contribution in [0.1, 0.15) is 99.1 Å². The summed E-state index contributed by atoms with van der Waals surface area (Å²) in [5.74, 6) is 0.300. The van der Waals surface area contributed by atoms with Crippen LogP contribution in [0.5, 0.6) is 0 Å². The minimum atomic E-state index is -0.833. The van der Waals surface area contributed by atoms with E-state index in [0.717, 1.165) is 17.9 Å². The summed E-state index contributed by atoms with van der Waals surface area (Å²) in [6.45, 7) is 16.1. The zero-order valence-electron chi connectivity index (χ0n) is 28.8. The van der Waals surface area contributed by atoms with Crippen LogP contribution >= 0.6 is 0 Å². The average molecular weight is 664 g/mol. The highest BCUT2D eigenvalue weighted by Crippen LogP contribution is 2.61. The van der Waals surface area contributed by atoms with Crippen LogP contribution in [0.3, 0.4) is 0 Å². The molecule has 5 amide bonds. The monoisotopic (exact) mass is 663 g/mol. The van der Waals surface area contributed by atoms with Crippen molar-refractivity contribution in [3.05, 3.63) is 17.5 Å². The summed E-state index contributed by atoms with van der Waals surface area (Å²) < 4.78 is 21.8. The second kappa shape index (κ2) is 13.2. The minimum Gasteiger partial charge on any atom is -0.444 e. The van der Waals surface area contributed by atoms with Gasteiger partial charge in [-0.15, -0.1) is 0 Å². The number of hydroxylamine groups is 2. The van der Waals surface area contributed by atoms with Crippen molar-refractivity contribution in [1.29, 1.82) is 0 Å². The third kappa shape index (κ3) is 9.72. The van der Waals surface area contributed by atoms with E-state index in [1.54, 1.807) is 73.3 Å². The van der Waals surface area contributed by atoms with E-state index >= 15 is 0 Å². The van der Waals surface area contributed by atoms with Crippen LogP contribution in [0, 0.1) is 5.41 Å². The molecule has 2 aliphatic heterocycles. The van der Waals surface area contributed by atoms with Gasteiger partial charge in [0.05, 0.1) is 18.6 Å². The maximum absolute atomic E-state index is 13.2. The molecular weight excluding hydrogens is 614 g/mol. The maximum Gasteiger partial charge on any atom is 0.414 e. The number of aliphatic imine (C=N–C) groups is 1. The fraction of sp³-hybridized carbons (Fsp3) is 0.742. The molecule has 3 fully saturated rings. The summed E-state index contributed by atoms with van der Waals surface area (Å²) in [6.07, 6.45) is 0.635. The molecule has 2 saturated heterocycles. The van der Waals surface area contributed by atoms with Crippen LogP contribution in [0.4, 0.5) is 19.2 Å². The largest absolute Gasteiger partial charge is 0.444 e. The second-order valence-corrected chi connectivity index (χ2v) is 15.3. The Morgan fingerprint density at radius 1 is 1.00 bits per heavy atom. The predicted molar refractivity (Wildman–Crippen MR) is 168 cm³/mol. The first-order chi connectivity index (χ1) is 21.6. The van der Waals surface area contributed by atoms with E-state index in [1.165, 1.54) is 4.90 Å². The van der Waals surface area contributed by atoms with Crippen LogP contribution in [0.25, 0.3) is 0 Å². The lowest BCUT2D eigenvalue weighted by Crippen LogP contribution is -2.47. The molecule has 4 rings (SSSR count). The van der Waals surface area contributed by atoms with Crippen molar-refractivity contribution in [3.63, 3.8) is 0 Å². The molecule has 0 unspecified atom stereocenters. The smallest absolute Gasteiger partial charge is 0.414 e. The van der Waals surface area contributed by atoms with Crippen LogP contribution in [0.2, 0.25) is 0 Å². The fourth-order valence-corrected chi connectivity index (χ4v) is 5.58. The number of ether oxygens (including phenoxy) is 3. The molecule has 3 aliphatic rings. The predicted octanol–water partition coefficient (Wildman–Crippen LogP) is 4.58. The number of carbonyl (C=O) groups excluding carboxylic acids is 4. The van der Waals surface area contributed by atoms with E-state index in [9.17, 15) is 24.4 Å². The molecule has 0 radical (unpaired) electrons. The lowest BCUT2D eigenvalue weighted by molar-refractivity contribution is -0.0782. The Bertz CT molecular complexity index is 1340. The number of nitrogens with zero attached hydrogens (tertiary/aromatic N) is 5. The SMILES string of the molecule is CC(C)(C)OC(=O)NC(=NCCN(CCc1cc([C@@H]2CC3(CC3)[C@@H]3CN2C(=O)N3O)no1)C(=O)OC(C)(C)C)NC(=O)OC(C)(C)C. The van der Waals surface area contributed by atoms with Gasteiger partial charge >= 0.3 is 24.3 Å². The maximum atomic E-state index is 13.2. The van der Waals surface area contributed by atoms with Crippen molar-refractivity contribution in [3.8, 4) is 0 Å². The van der Waals surface area contributed by atoms with Gasteiger partial charge in [0, 0.05) is 32.1 Å². The Hall–Kier alpha value is -4.08. The number of fused-ring (bicyclic) bond motifs is 3. The van der Waals surface area contributed by atoms with Gasteiger partial charge in [-0.05, 0) is 87.0 Å². The van der Waals surface area contributed by atoms with E-state index in [2.05, 4.69) is 20.8 Å². The molecular formula is C31H49N7O9. The number of piperidine rings is 1. The van der Waals surface area contributed by atoms with Crippen molar-refractivity contribution in [2.75, 3.05) is 26.2 Å². The number of hydrogen-bond acceptors (Lipinski definition) is 11. The number of aromatic nitrogens is 1. The molecule has 1 spiro atoms. The van der Waals surface area contributed by atoms with Crippen molar-refractivity contribution in [2.24, 2.45) is 10.4 Å². The lowest BCUT2D eigenvalue weighted by Gasteiger charge is -2.35. The van der Waals surface area contributed by atoms with E-state index in [0.29, 0.717) is 24.4 Å². The molecule has 1 aromatic heterocycles. The first-order valence-corrected chi connectivity index (χ1v) is 15.9. The Labute approximate surface area is 275 Å². The number of nitrogens with one attached hydrogen (secondary N) is 2. The number of guanidine groups is 1. The van der Waals surface area contributed by atoms with E-state index in [4.69, 9.17) is 18.7 Å². The lowest BCUT2D eigenvalue weighted by atomic mass is 9.84. The highest BCUT2D eigenvalue weighted by atomic mass is 16.6. The Morgan fingerprint density at radius 3 is 2.11 bits per heavy atom. The number of alkyl carbamates (subject to hydrolysis) is 2. The second-order valence-electron chi connectivity index (χ2n) is 15.3. The molecule has 1 aromatic rings. The van der Waals surface area contributed by atoms with Gasteiger partial charge < -0.3 is 28.5 Å². The van der Waals surface area contributed by atoms with Crippen molar-refractivity contribution in [2.45, 2.75) is 117 Å². The number of urea groups is 1. The van der Waals surface area contributed by atoms with Crippen LogP contribution in [-0.4, -0.2) is 105 Å². The summed E-state index contributed by atoms with van der Waals surface area (Å²) in [7, 11) is 0. The summed E-state index contributed by atoms with van der Waals surface area (Å²) in [6, 6.07) is 0.863. The molecule has 1 aliphatic carbocycles. The van der Waals surface area contributed by atoms with Gasteiger partial charge in [-0.2, -0.15) is 0 Å². The minimum absolute atomic E-state index is 0.0259. The zero-order chi connectivity index (χ0) is 34.9. The summed E-state index contributed by atoms with van der Waals surface area (Å²) in [4.78, 5) is 58.1. The zero-order valence-corrected chi connectivity index (χ0v) is 28.8. The van der Waals surface area contributed by atoms with Gasteiger partial charge in [-0.3, -0.25) is 20.8 Å². The van der Waals surface area contributed by atoms with Gasteiger partial charge in [0.25, 0.3) is 0 Å². The molecule has 1 saturated carbocycles. The number of hydrogen-bond donors (Lipinski definition) is 3. The first-order valence-electron chi connectivity index (χ1n) is 15.9. The first kappa shape index (κ1) is 35.8. The fourth-order valence-electron chi connectivity index (χ4n) is 5.58. The normalized spacial score (nSPS) is 20.1. The number of rotatable bonds is 7. The standard InChI is InChI=1S/C31H49N7O9/c1-28(2,3)44-24(39)33-23(34-25(40)45-29(4,5)6)32-13-15-36(27(42)46-30(7,8)9)14-10-19-16-20(35-47-19)21-17-31(11-12-31)22-18-37(21)26(41)38(22)43/h16,21-22,43H,10-15,17-18H2,1-9H3,(H2,32,33,34,39,40)/t21-,22-/m0/s1. The molecule has 262 valence electrons. The molecule has 47 heavy (non-hydrogen) atoms. The van der Waals surface area contributed by atoms with Gasteiger partial charge in [-0.1, -0.05) is 5.16 Å². The van der Waals surface area contributed by atoms with Gasteiger partial charge in [0.15, 0.2) is 0 Å². The topological polar surface area (TPSA) is 188 Å². The summed E-state index contributed by atoms with van der Waals surface area (Å²) >= 11 is 0. The van der Waals surface area contributed by atoms with Crippen LogP contribution in [-0.2, 0) is 20.6 Å². The average Bonchev–Trinajstić information content (AvgIpc) is 3.40. The van der Waals surface area contributed by atoms with Crippen LogP contribution in [0.15, 0.2) is 15.6 Å². The summed E-state index contributed by atoms with van der Waals surface area (Å²) in [5, 5.41) is 20.3. The third-order valence-electron chi connectivity index (χ3n) is 7.76. The Kier molecular flexibility index (Phi) is 10.0. The van der Waals surface area contributed by atoms with E-state index < -0.39 is 41.1 Å². The number of carbonyl (C=O) groups is 4. The number of amides is 5. The molecule has 3 N–H and O–H groups in total. The van der Waals surface area contributed by atoms with Crippen molar-refractivity contribution >= 4 is 30.3 Å². The molecule has 2 atom stereocenters. The Balaban J connectivity index is 1.44. The highest BCUT2D eigenvalue weighted by molar-refractivity contribution is 6.01. The molecule has 2 bridgehead atoms. The van der Waals surface area contributed by atoms with E-state index in [-0.39, 0.29) is 49.5 Å². The van der Waals surface area contributed by atoms with Crippen molar-refractivity contribution in [1.82, 2.24) is 30.7 Å². The van der Waals surface area contributed by atoms with Crippen LogP contribution < -0.4 is 10.6 Å². The molecule has 0 aromatic carbocycles. The van der Waals surface area contributed by atoms with E-state index in [1.807, 2.05) is 0 Å². The Morgan fingerprint density at radius 2 is 1.57 bits per heavy atom. The molecule has 16 nitrogen and oxygen atoms in total. The molecule has 3 heterocycles. The van der Waals surface area contributed by atoms with Gasteiger partial charge in [-0.25, -0.2) is 24.2 Å². The quantitative estimate of drug-likeness (QED) is 0.161.